The molecule has 0 spiro atoms. The third-order valence-electron chi connectivity index (χ3n) is 7.54. The van der Waals surface area contributed by atoms with Gasteiger partial charge in [-0.05, 0) is 91.8 Å². The number of carboxylic acid groups (broad SMARTS) is 1. The third-order valence-corrected chi connectivity index (χ3v) is 7.54. The summed E-state index contributed by atoms with van der Waals surface area (Å²) in [4.78, 5) is 23.4. The Morgan fingerprint density at radius 3 is 2.28 bits per heavy atom. The molecule has 0 aliphatic heterocycles. The van der Waals surface area contributed by atoms with Gasteiger partial charge in [-0.15, -0.1) is 13.2 Å². The Bertz CT molecular complexity index is 1390. The minimum atomic E-state index is -4.75. The number of carbonyl (C=O) groups is 2. The summed E-state index contributed by atoms with van der Waals surface area (Å²) in [5.41, 5.74) is 2.76. The molecule has 3 aromatic carbocycles. The third kappa shape index (κ3) is 10.2. The largest absolute Gasteiger partial charge is 0.573 e. The maximum absolute atomic E-state index is 12.4. The van der Waals surface area contributed by atoms with Gasteiger partial charge in [0.25, 0.3) is 0 Å². The molecule has 3 aromatic rings. The lowest BCUT2D eigenvalue weighted by Crippen LogP contribution is -2.17. The van der Waals surface area contributed by atoms with Gasteiger partial charge < -0.3 is 19.3 Å². The summed E-state index contributed by atoms with van der Waals surface area (Å²) in [7, 11) is 0. The SMILES string of the molecule is CCOC(=O)CC1(CCC(C=Cc2ccccc2OCc2ccc(OC(F)(F)F)cc2)Cc2ccc(C(=O)O)cc2)CC1. The Morgan fingerprint density at radius 1 is 0.977 bits per heavy atom. The van der Waals surface area contributed by atoms with E-state index in [4.69, 9.17) is 9.47 Å². The summed E-state index contributed by atoms with van der Waals surface area (Å²) in [6, 6.07) is 19.9. The lowest BCUT2D eigenvalue weighted by molar-refractivity contribution is -0.274. The predicted octanol–water partition coefficient (Wildman–Crippen LogP) is 8.25. The van der Waals surface area contributed by atoms with E-state index < -0.39 is 12.3 Å². The van der Waals surface area contributed by atoms with Crippen LogP contribution in [-0.4, -0.2) is 30.0 Å². The highest BCUT2D eigenvalue weighted by Crippen LogP contribution is 2.53. The molecule has 0 bridgehead atoms. The van der Waals surface area contributed by atoms with Crippen LogP contribution in [0, 0.1) is 11.3 Å². The first-order valence-corrected chi connectivity index (χ1v) is 14.3. The summed E-state index contributed by atoms with van der Waals surface area (Å²) in [6.07, 6.45) is 4.19. The van der Waals surface area contributed by atoms with Crippen LogP contribution in [0.1, 0.15) is 66.1 Å². The van der Waals surface area contributed by atoms with Crippen LogP contribution in [-0.2, 0) is 22.6 Å². The van der Waals surface area contributed by atoms with Crippen LogP contribution in [0.5, 0.6) is 11.5 Å². The van der Waals surface area contributed by atoms with E-state index in [1.807, 2.05) is 42.5 Å². The first-order valence-electron chi connectivity index (χ1n) is 14.3. The number of rotatable bonds is 15. The highest BCUT2D eigenvalue weighted by molar-refractivity contribution is 5.87. The zero-order chi connectivity index (χ0) is 30.9. The molecule has 9 heteroatoms. The summed E-state index contributed by atoms with van der Waals surface area (Å²) in [6.45, 7) is 2.33. The van der Waals surface area contributed by atoms with E-state index in [0.717, 1.165) is 36.8 Å². The smallest absolute Gasteiger partial charge is 0.488 e. The van der Waals surface area contributed by atoms with Crippen LogP contribution in [0.3, 0.4) is 0 Å². The first kappa shape index (κ1) is 31.7. The molecular formula is C34H35F3O6. The number of ether oxygens (including phenoxy) is 3. The number of halogens is 3. The van der Waals surface area contributed by atoms with Gasteiger partial charge in [-0.1, -0.05) is 54.6 Å². The van der Waals surface area contributed by atoms with Crippen molar-refractivity contribution >= 4 is 18.0 Å². The molecule has 1 atom stereocenters. The van der Waals surface area contributed by atoms with Crippen molar-refractivity contribution in [3.63, 3.8) is 0 Å². The van der Waals surface area contributed by atoms with Gasteiger partial charge in [0.15, 0.2) is 0 Å². The lowest BCUT2D eigenvalue weighted by atomic mass is 9.87. The number of alkyl halides is 3. The Kier molecular flexibility index (Phi) is 10.5. The minimum Gasteiger partial charge on any atom is -0.488 e. The number of carboxylic acids is 1. The number of benzene rings is 3. The molecule has 1 saturated carbocycles. The van der Waals surface area contributed by atoms with Gasteiger partial charge >= 0.3 is 18.3 Å². The summed E-state index contributed by atoms with van der Waals surface area (Å²) < 4.78 is 52.5. The minimum absolute atomic E-state index is 0.0206. The molecule has 1 aliphatic carbocycles. The number of para-hydroxylation sites is 1. The standard InChI is InChI=1S/C34H35F3O6/c1-2-41-31(38)22-33(19-20-33)18-17-25(21-24-8-13-28(14-9-24)32(39)40)7-12-27-5-3-4-6-30(27)42-23-26-10-15-29(16-11-26)43-34(35,36)37/h3-16,25H,2,17-23H2,1H3,(H,39,40). The fourth-order valence-corrected chi connectivity index (χ4v) is 4.99. The molecule has 1 aliphatic rings. The summed E-state index contributed by atoms with van der Waals surface area (Å²) in [5.74, 6) is -0.687. The number of esters is 1. The summed E-state index contributed by atoms with van der Waals surface area (Å²) in [5, 5.41) is 9.25. The number of hydrogen-bond acceptors (Lipinski definition) is 5. The molecule has 1 N–H and O–H groups in total. The zero-order valence-electron chi connectivity index (χ0n) is 23.9. The Labute approximate surface area is 249 Å². The molecule has 4 rings (SSSR count). The van der Waals surface area contributed by atoms with Crippen molar-refractivity contribution in [2.24, 2.45) is 11.3 Å². The van der Waals surface area contributed by atoms with Crippen molar-refractivity contribution in [2.45, 2.75) is 58.4 Å². The second-order valence-corrected chi connectivity index (χ2v) is 10.9. The van der Waals surface area contributed by atoms with E-state index in [1.54, 1.807) is 19.1 Å². The van der Waals surface area contributed by atoms with E-state index in [0.29, 0.717) is 30.8 Å². The normalized spacial score (nSPS) is 14.7. The number of hydrogen-bond donors (Lipinski definition) is 1. The van der Waals surface area contributed by atoms with Gasteiger partial charge in [-0.2, -0.15) is 0 Å². The van der Waals surface area contributed by atoms with E-state index in [2.05, 4.69) is 10.8 Å². The molecule has 43 heavy (non-hydrogen) atoms. The molecular weight excluding hydrogens is 561 g/mol. The van der Waals surface area contributed by atoms with Gasteiger partial charge in [0.2, 0.25) is 0 Å². The number of allylic oxidation sites excluding steroid dienone is 1. The van der Waals surface area contributed by atoms with Gasteiger partial charge in [0, 0.05) is 5.56 Å². The van der Waals surface area contributed by atoms with E-state index >= 15 is 0 Å². The predicted molar refractivity (Wildman–Crippen MR) is 156 cm³/mol. The van der Waals surface area contributed by atoms with E-state index in [-0.39, 0.29) is 35.2 Å². The van der Waals surface area contributed by atoms with Crippen molar-refractivity contribution in [3.05, 3.63) is 101 Å². The Hall–Kier alpha value is -4.27. The molecule has 0 radical (unpaired) electrons. The van der Waals surface area contributed by atoms with Gasteiger partial charge in [0.1, 0.15) is 18.1 Å². The van der Waals surface area contributed by atoms with Crippen molar-refractivity contribution in [3.8, 4) is 11.5 Å². The topological polar surface area (TPSA) is 82.1 Å². The van der Waals surface area contributed by atoms with Crippen LogP contribution in [0.25, 0.3) is 6.08 Å². The van der Waals surface area contributed by atoms with E-state index in [9.17, 15) is 27.9 Å². The Balaban J connectivity index is 1.45. The summed E-state index contributed by atoms with van der Waals surface area (Å²) >= 11 is 0. The molecule has 228 valence electrons. The van der Waals surface area contributed by atoms with Crippen LogP contribution >= 0.6 is 0 Å². The van der Waals surface area contributed by atoms with Gasteiger partial charge in [-0.3, -0.25) is 4.79 Å². The highest BCUT2D eigenvalue weighted by Gasteiger charge is 2.44. The number of aromatic carboxylic acids is 1. The molecule has 1 unspecified atom stereocenters. The fourth-order valence-electron chi connectivity index (χ4n) is 4.99. The molecule has 0 aromatic heterocycles. The quantitative estimate of drug-likeness (QED) is 0.178. The first-order chi connectivity index (χ1) is 20.5. The molecule has 0 saturated heterocycles. The monoisotopic (exact) mass is 596 g/mol. The Morgan fingerprint density at radius 2 is 1.65 bits per heavy atom. The second kappa shape index (κ2) is 14.3. The molecule has 6 nitrogen and oxygen atoms in total. The maximum atomic E-state index is 12.4. The average Bonchev–Trinajstić information content (AvgIpc) is 3.73. The second-order valence-electron chi connectivity index (χ2n) is 10.9. The van der Waals surface area contributed by atoms with Crippen LogP contribution in [0.2, 0.25) is 0 Å². The van der Waals surface area contributed by atoms with Crippen molar-refractivity contribution < 1.29 is 42.1 Å². The van der Waals surface area contributed by atoms with Crippen LogP contribution < -0.4 is 9.47 Å². The zero-order valence-corrected chi connectivity index (χ0v) is 23.9. The molecule has 0 heterocycles. The molecule has 0 amide bonds. The maximum Gasteiger partial charge on any atom is 0.573 e. The van der Waals surface area contributed by atoms with Gasteiger partial charge in [0.05, 0.1) is 18.6 Å². The van der Waals surface area contributed by atoms with Crippen molar-refractivity contribution in [1.82, 2.24) is 0 Å². The highest BCUT2D eigenvalue weighted by atomic mass is 19.4. The van der Waals surface area contributed by atoms with Crippen molar-refractivity contribution in [1.29, 1.82) is 0 Å². The molecule has 1 fully saturated rings. The van der Waals surface area contributed by atoms with Crippen LogP contribution in [0.15, 0.2) is 78.9 Å². The van der Waals surface area contributed by atoms with Gasteiger partial charge in [-0.25, -0.2) is 4.79 Å². The average molecular weight is 597 g/mol. The van der Waals surface area contributed by atoms with E-state index in [1.165, 1.54) is 24.3 Å². The lowest BCUT2D eigenvalue weighted by Gasteiger charge is -2.19. The van der Waals surface area contributed by atoms with Crippen molar-refractivity contribution in [2.75, 3.05) is 6.61 Å². The number of carbonyl (C=O) groups excluding carboxylic acids is 1. The fraction of sp³-hybridized carbons (Fsp3) is 0.353. The van der Waals surface area contributed by atoms with Crippen LogP contribution in [0.4, 0.5) is 13.2 Å².